The Kier molecular flexibility index (Phi) is 10.9. The minimum atomic E-state index is -1.21. The number of benzene rings is 1. The molecule has 0 aliphatic heterocycles. The van der Waals surface area contributed by atoms with E-state index >= 15 is 0 Å². The van der Waals surface area contributed by atoms with Crippen LogP contribution in [0.3, 0.4) is 0 Å². The van der Waals surface area contributed by atoms with Crippen LogP contribution in [0.4, 0.5) is 8.78 Å². The van der Waals surface area contributed by atoms with Gasteiger partial charge in [-0.2, -0.15) is 0 Å². The number of carbonyl (C=O) groups is 4. The second kappa shape index (κ2) is 13.4. The van der Waals surface area contributed by atoms with E-state index in [4.69, 9.17) is 11.5 Å². The average Bonchev–Trinajstić information content (AvgIpc) is 3.29. The van der Waals surface area contributed by atoms with E-state index in [0.29, 0.717) is 11.3 Å². The standard InChI is InChI=1S/C27H38F2N6O4/c1-14(36)10-22(35-25(38)15(2)30)26(39)34-20(24(31)37)8-9-32-23(27(3,4)5)21-11-16(13-33-21)18-12-17(28)6-7-19(18)29/h6-7,11-13,15,20,22-23,32-33H,8-10,30H2,1-5H3,(H2,31,37)(H,34,39)(H,35,38)/t15-,20-,22-,23-/m0/s1. The Balaban J connectivity index is 2.13. The number of aromatic amines is 1. The van der Waals surface area contributed by atoms with E-state index in [-0.39, 0.29) is 42.2 Å². The van der Waals surface area contributed by atoms with Crippen LogP contribution in [-0.4, -0.2) is 53.2 Å². The van der Waals surface area contributed by atoms with Gasteiger partial charge in [-0.25, -0.2) is 8.78 Å². The van der Waals surface area contributed by atoms with Gasteiger partial charge < -0.3 is 32.4 Å². The van der Waals surface area contributed by atoms with Crippen molar-refractivity contribution >= 4 is 23.5 Å². The number of hydrogen-bond acceptors (Lipinski definition) is 6. The normalized spacial score (nSPS) is 14.7. The van der Waals surface area contributed by atoms with Crippen molar-refractivity contribution in [3.8, 4) is 11.1 Å². The number of ketones is 1. The first-order chi connectivity index (χ1) is 18.1. The maximum atomic E-state index is 14.3. The Morgan fingerprint density at radius 1 is 1.03 bits per heavy atom. The minimum Gasteiger partial charge on any atom is -0.368 e. The molecule has 0 aliphatic rings. The van der Waals surface area contributed by atoms with E-state index in [1.807, 2.05) is 20.8 Å². The summed E-state index contributed by atoms with van der Waals surface area (Å²) in [6.07, 6.45) is 1.42. The molecule has 39 heavy (non-hydrogen) atoms. The van der Waals surface area contributed by atoms with Crippen molar-refractivity contribution in [3.63, 3.8) is 0 Å². The monoisotopic (exact) mass is 548 g/mol. The Labute approximate surface area is 226 Å². The molecule has 4 atom stereocenters. The molecule has 0 saturated carbocycles. The van der Waals surface area contributed by atoms with Gasteiger partial charge in [0.05, 0.1) is 12.1 Å². The van der Waals surface area contributed by atoms with Gasteiger partial charge in [0.1, 0.15) is 29.5 Å². The molecule has 0 aliphatic carbocycles. The van der Waals surface area contributed by atoms with Crippen molar-refractivity contribution in [2.75, 3.05) is 6.54 Å². The molecule has 2 aromatic rings. The molecule has 0 saturated heterocycles. The lowest BCUT2D eigenvalue weighted by atomic mass is 9.84. The van der Waals surface area contributed by atoms with Gasteiger partial charge in [0.2, 0.25) is 17.7 Å². The molecule has 1 aromatic heterocycles. The zero-order valence-corrected chi connectivity index (χ0v) is 22.9. The van der Waals surface area contributed by atoms with Crippen LogP contribution >= 0.6 is 0 Å². The molecule has 0 bridgehead atoms. The summed E-state index contributed by atoms with van der Waals surface area (Å²) < 4.78 is 28.0. The Morgan fingerprint density at radius 2 is 1.67 bits per heavy atom. The van der Waals surface area contributed by atoms with Crippen molar-refractivity contribution in [2.45, 2.75) is 71.6 Å². The van der Waals surface area contributed by atoms with Crippen LogP contribution in [0.2, 0.25) is 0 Å². The molecule has 8 N–H and O–H groups in total. The van der Waals surface area contributed by atoms with Crippen molar-refractivity contribution in [1.29, 1.82) is 0 Å². The van der Waals surface area contributed by atoms with E-state index < -0.39 is 47.5 Å². The summed E-state index contributed by atoms with van der Waals surface area (Å²) in [5.41, 5.74) is 12.0. The van der Waals surface area contributed by atoms with Crippen LogP contribution in [0.5, 0.6) is 0 Å². The Bertz CT molecular complexity index is 1190. The van der Waals surface area contributed by atoms with Gasteiger partial charge in [-0.15, -0.1) is 0 Å². The maximum Gasteiger partial charge on any atom is 0.243 e. The lowest BCUT2D eigenvalue weighted by Crippen LogP contribution is -2.55. The van der Waals surface area contributed by atoms with Gasteiger partial charge in [-0.1, -0.05) is 20.8 Å². The molecule has 12 heteroatoms. The van der Waals surface area contributed by atoms with Gasteiger partial charge in [0.25, 0.3) is 0 Å². The number of Topliss-reactive ketones (excluding diaryl/α,β-unsaturated/α-hetero) is 1. The summed E-state index contributed by atoms with van der Waals surface area (Å²) in [5, 5.41) is 8.26. The molecule has 1 aromatic carbocycles. The predicted molar refractivity (Wildman–Crippen MR) is 143 cm³/mol. The molecule has 3 amide bonds. The molecule has 1 heterocycles. The lowest BCUT2D eigenvalue weighted by molar-refractivity contribution is -0.133. The van der Waals surface area contributed by atoms with Crippen LogP contribution in [0.25, 0.3) is 11.1 Å². The van der Waals surface area contributed by atoms with Crippen LogP contribution in [0.1, 0.15) is 59.2 Å². The molecule has 2 rings (SSSR count). The number of carbonyl (C=O) groups excluding carboxylic acids is 4. The molecule has 0 fully saturated rings. The van der Waals surface area contributed by atoms with Crippen molar-refractivity contribution in [3.05, 3.63) is 47.8 Å². The minimum absolute atomic E-state index is 0.105. The Hall–Kier alpha value is -3.64. The predicted octanol–water partition coefficient (Wildman–Crippen LogP) is 1.81. The molecule has 0 spiro atoms. The molecule has 0 radical (unpaired) electrons. The summed E-state index contributed by atoms with van der Waals surface area (Å²) in [5.74, 6) is -3.59. The third-order valence-electron chi connectivity index (χ3n) is 6.10. The number of halogens is 2. The van der Waals surface area contributed by atoms with Crippen molar-refractivity contribution in [2.24, 2.45) is 16.9 Å². The highest BCUT2D eigenvalue weighted by Crippen LogP contribution is 2.34. The third kappa shape index (κ3) is 9.25. The van der Waals surface area contributed by atoms with E-state index in [0.717, 1.165) is 18.2 Å². The topological polar surface area (TPSA) is 172 Å². The van der Waals surface area contributed by atoms with Crippen molar-refractivity contribution in [1.82, 2.24) is 20.9 Å². The van der Waals surface area contributed by atoms with Crippen LogP contribution in [0.15, 0.2) is 30.5 Å². The van der Waals surface area contributed by atoms with Crippen LogP contribution in [0, 0.1) is 17.0 Å². The summed E-state index contributed by atoms with van der Waals surface area (Å²) >= 11 is 0. The highest BCUT2D eigenvalue weighted by Gasteiger charge is 2.30. The van der Waals surface area contributed by atoms with E-state index in [1.54, 1.807) is 12.3 Å². The third-order valence-corrected chi connectivity index (χ3v) is 6.10. The number of H-pyrrole nitrogens is 1. The van der Waals surface area contributed by atoms with Crippen LogP contribution in [-0.2, 0) is 19.2 Å². The maximum absolute atomic E-state index is 14.3. The number of hydrogen-bond donors (Lipinski definition) is 6. The summed E-state index contributed by atoms with van der Waals surface area (Å²) in [6.45, 7) is 8.89. The number of aromatic nitrogens is 1. The van der Waals surface area contributed by atoms with E-state index in [9.17, 15) is 28.0 Å². The van der Waals surface area contributed by atoms with Gasteiger partial charge in [0.15, 0.2) is 0 Å². The number of nitrogens with two attached hydrogens (primary N) is 2. The number of rotatable bonds is 13. The first-order valence-corrected chi connectivity index (χ1v) is 12.6. The first kappa shape index (κ1) is 31.6. The number of primary amides is 1. The summed E-state index contributed by atoms with van der Waals surface area (Å²) in [6, 6.07) is 1.46. The first-order valence-electron chi connectivity index (χ1n) is 12.6. The average molecular weight is 549 g/mol. The SMILES string of the molecule is CC(=O)C[C@H](NC(=O)[C@H](C)N)C(=O)N[C@@H](CCN[C@@H](c1cc(-c2cc(F)ccc2F)c[nH]1)C(C)(C)C)C(N)=O. The van der Waals surface area contributed by atoms with Gasteiger partial charge in [-0.05, 0) is 56.5 Å². The smallest absolute Gasteiger partial charge is 0.243 e. The largest absolute Gasteiger partial charge is 0.368 e. The fourth-order valence-corrected chi connectivity index (χ4v) is 4.07. The molecule has 10 nitrogen and oxygen atoms in total. The molecule has 0 unspecified atom stereocenters. The summed E-state index contributed by atoms with van der Waals surface area (Å²) in [4.78, 5) is 51.6. The van der Waals surface area contributed by atoms with Crippen molar-refractivity contribution < 1.29 is 28.0 Å². The molecular formula is C27H38F2N6O4. The Morgan fingerprint density at radius 3 is 2.23 bits per heavy atom. The highest BCUT2D eigenvalue weighted by atomic mass is 19.1. The zero-order valence-electron chi connectivity index (χ0n) is 22.9. The molecule has 214 valence electrons. The lowest BCUT2D eigenvalue weighted by Gasteiger charge is -2.31. The van der Waals surface area contributed by atoms with Gasteiger partial charge >= 0.3 is 0 Å². The van der Waals surface area contributed by atoms with E-state index in [2.05, 4.69) is 20.9 Å². The fraction of sp³-hybridized carbons (Fsp3) is 0.481. The second-order valence-corrected chi connectivity index (χ2v) is 10.7. The van der Waals surface area contributed by atoms with E-state index in [1.165, 1.54) is 13.8 Å². The number of amides is 3. The highest BCUT2D eigenvalue weighted by molar-refractivity contribution is 5.95. The number of nitrogens with one attached hydrogen (secondary N) is 4. The fourth-order valence-electron chi connectivity index (χ4n) is 4.07. The molecular weight excluding hydrogens is 510 g/mol. The zero-order chi connectivity index (χ0) is 29.5. The summed E-state index contributed by atoms with van der Waals surface area (Å²) in [7, 11) is 0. The van der Waals surface area contributed by atoms with Crippen LogP contribution < -0.4 is 27.4 Å². The van der Waals surface area contributed by atoms with Gasteiger partial charge in [-0.3, -0.25) is 19.2 Å². The van der Waals surface area contributed by atoms with Gasteiger partial charge in [0, 0.05) is 29.4 Å². The second-order valence-electron chi connectivity index (χ2n) is 10.7. The quantitative estimate of drug-likeness (QED) is 0.223.